The van der Waals surface area contributed by atoms with Gasteiger partial charge in [-0.2, -0.15) is 0 Å². The van der Waals surface area contributed by atoms with Crippen LogP contribution in [0.1, 0.15) is 206 Å². The SMILES string of the molecule is CCCCCCC(O)CCCCCCCCCCC(=O)NCCNCCNCCNCCNC(=O)CCCCCCCCCCC(O)CCCCCC. The molecule has 0 aromatic carbocycles. The Hall–Kier alpha value is -1.26. The minimum atomic E-state index is -0.0948. The average molecular weight is 754 g/mol. The van der Waals surface area contributed by atoms with Gasteiger partial charge < -0.3 is 36.8 Å². The van der Waals surface area contributed by atoms with Crippen molar-refractivity contribution in [2.24, 2.45) is 0 Å². The Morgan fingerprint density at radius 2 is 0.604 bits per heavy atom. The minimum absolute atomic E-state index is 0.0948. The quantitative estimate of drug-likeness (QED) is 0.0311. The number of carbonyl (C=O) groups excluding carboxylic acids is 2. The lowest BCUT2D eigenvalue weighted by Crippen LogP contribution is -2.37. The number of aliphatic hydroxyl groups excluding tert-OH is 2. The molecule has 2 atom stereocenters. The fourth-order valence-corrected chi connectivity index (χ4v) is 6.84. The normalized spacial score (nSPS) is 12.6. The zero-order chi connectivity index (χ0) is 38.7. The predicted octanol–water partition coefficient (Wildman–Crippen LogP) is 8.45. The van der Waals surface area contributed by atoms with Crippen LogP contribution in [0.5, 0.6) is 0 Å². The third-order valence-electron chi connectivity index (χ3n) is 10.4. The van der Waals surface area contributed by atoms with Crippen molar-refractivity contribution in [1.82, 2.24) is 26.6 Å². The summed E-state index contributed by atoms with van der Waals surface area (Å²) in [5.41, 5.74) is 0. The Balaban J connectivity index is 3.28. The standard InChI is InChI=1S/C44H91N5O4/c1-3-5-7-21-27-41(50)29-23-17-13-9-11-15-19-25-31-43(52)48-39-37-46-35-33-45-34-36-47-38-40-49-44(53)32-26-20-16-12-10-14-18-24-30-42(51)28-22-8-6-4-2/h41-42,45-47,50-51H,3-40H2,1-2H3,(H,48,52)(H,49,53). The molecule has 9 heteroatoms. The van der Waals surface area contributed by atoms with Crippen molar-refractivity contribution in [3.05, 3.63) is 0 Å². The number of hydrogen-bond donors (Lipinski definition) is 7. The molecule has 0 radical (unpaired) electrons. The molecule has 0 aromatic rings. The van der Waals surface area contributed by atoms with E-state index in [0.29, 0.717) is 25.9 Å². The summed E-state index contributed by atoms with van der Waals surface area (Å²) >= 11 is 0. The van der Waals surface area contributed by atoms with Gasteiger partial charge in [0.1, 0.15) is 0 Å². The van der Waals surface area contributed by atoms with Crippen LogP contribution in [-0.4, -0.2) is 86.6 Å². The Labute approximate surface area is 328 Å². The van der Waals surface area contributed by atoms with Gasteiger partial charge in [0.25, 0.3) is 0 Å². The first-order valence-electron chi connectivity index (χ1n) is 23.0. The van der Waals surface area contributed by atoms with E-state index in [4.69, 9.17) is 0 Å². The van der Waals surface area contributed by atoms with E-state index in [2.05, 4.69) is 40.4 Å². The first kappa shape index (κ1) is 51.7. The van der Waals surface area contributed by atoms with E-state index in [1.807, 2.05) is 0 Å². The van der Waals surface area contributed by atoms with Gasteiger partial charge in [-0.1, -0.05) is 155 Å². The first-order valence-corrected chi connectivity index (χ1v) is 23.0. The maximum absolute atomic E-state index is 12.1. The van der Waals surface area contributed by atoms with Gasteiger partial charge in [0.15, 0.2) is 0 Å². The van der Waals surface area contributed by atoms with Gasteiger partial charge in [-0.3, -0.25) is 9.59 Å². The Morgan fingerprint density at radius 3 is 0.906 bits per heavy atom. The molecule has 2 amide bonds. The summed E-state index contributed by atoms with van der Waals surface area (Å²) in [6.07, 6.45) is 33.8. The van der Waals surface area contributed by atoms with Crippen molar-refractivity contribution in [3.8, 4) is 0 Å². The van der Waals surface area contributed by atoms with Crippen molar-refractivity contribution in [1.29, 1.82) is 0 Å². The summed E-state index contributed by atoms with van der Waals surface area (Å²) in [6.45, 7) is 10.9. The monoisotopic (exact) mass is 754 g/mol. The molecular weight excluding hydrogens is 663 g/mol. The van der Waals surface area contributed by atoms with E-state index in [1.54, 1.807) is 0 Å². The largest absolute Gasteiger partial charge is 0.393 e. The number of carbonyl (C=O) groups is 2. The van der Waals surface area contributed by atoms with Gasteiger partial charge in [-0.05, 0) is 38.5 Å². The van der Waals surface area contributed by atoms with Crippen LogP contribution < -0.4 is 26.6 Å². The summed E-state index contributed by atoms with van der Waals surface area (Å²) in [6, 6.07) is 0. The molecule has 0 spiro atoms. The van der Waals surface area contributed by atoms with Gasteiger partial charge in [-0.15, -0.1) is 0 Å². The van der Waals surface area contributed by atoms with E-state index in [1.165, 1.54) is 116 Å². The topological polar surface area (TPSA) is 135 Å². The van der Waals surface area contributed by atoms with Gasteiger partial charge in [0.05, 0.1) is 12.2 Å². The highest BCUT2D eigenvalue weighted by Gasteiger charge is 2.06. The molecule has 9 nitrogen and oxygen atoms in total. The predicted molar refractivity (Wildman–Crippen MR) is 227 cm³/mol. The average Bonchev–Trinajstić information content (AvgIpc) is 3.15. The van der Waals surface area contributed by atoms with Crippen molar-refractivity contribution in [2.75, 3.05) is 52.4 Å². The second-order valence-corrected chi connectivity index (χ2v) is 15.7. The smallest absolute Gasteiger partial charge is 0.220 e. The summed E-state index contributed by atoms with van der Waals surface area (Å²) in [5.74, 6) is 0.323. The van der Waals surface area contributed by atoms with E-state index in [9.17, 15) is 19.8 Å². The summed E-state index contributed by atoms with van der Waals surface area (Å²) in [4.78, 5) is 24.1. The molecule has 0 aliphatic carbocycles. The molecule has 0 aromatic heterocycles. The fraction of sp³-hybridized carbons (Fsp3) is 0.955. The molecule has 7 N–H and O–H groups in total. The van der Waals surface area contributed by atoms with Crippen molar-refractivity contribution in [3.63, 3.8) is 0 Å². The zero-order valence-electron chi connectivity index (χ0n) is 35.2. The molecule has 0 rings (SSSR count). The molecular formula is C44H91N5O4. The molecule has 0 bridgehead atoms. The van der Waals surface area contributed by atoms with E-state index >= 15 is 0 Å². The molecule has 0 fully saturated rings. The van der Waals surface area contributed by atoms with Crippen LogP contribution in [0, 0.1) is 0 Å². The third-order valence-corrected chi connectivity index (χ3v) is 10.4. The second kappa shape index (κ2) is 43.5. The second-order valence-electron chi connectivity index (χ2n) is 15.7. The highest BCUT2D eigenvalue weighted by atomic mass is 16.3. The maximum atomic E-state index is 12.1. The van der Waals surface area contributed by atoms with Crippen LogP contribution in [0.3, 0.4) is 0 Å². The summed E-state index contributed by atoms with van der Waals surface area (Å²) in [5, 5.41) is 36.3. The minimum Gasteiger partial charge on any atom is -0.393 e. The van der Waals surface area contributed by atoms with Crippen LogP contribution in [0.15, 0.2) is 0 Å². The molecule has 0 saturated carbocycles. The number of amides is 2. The number of aliphatic hydroxyl groups is 2. The van der Waals surface area contributed by atoms with Crippen LogP contribution in [0.2, 0.25) is 0 Å². The lowest BCUT2D eigenvalue weighted by atomic mass is 10.0. The van der Waals surface area contributed by atoms with Gasteiger partial charge >= 0.3 is 0 Å². The highest BCUT2D eigenvalue weighted by molar-refractivity contribution is 5.76. The molecule has 53 heavy (non-hydrogen) atoms. The molecule has 0 aliphatic rings. The van der Waals surface area contributed by atoms with Gasteiger partial charge in [0.2, 0.25) is 11.8 Å². The van der Waals surface area contributed by atoms with E-state index < -0.39 is 0 Å². The van der Waals surface area contributed by atoms with Crippen molar-refractivity contribution in [2.45, 2.75) is 219 Å². The Morgan fingerprint density at radius 1 is 0.358 bits per heavy atom. The molecule has 0 saturated heterocycles. The summed E-state index contributed by atoms with van der Waals surface area (Å²) in [7, 11) is 0. The molecule has 0 heterocycles. The van der Waals surface area contributed by atoms with Gasteiger partial charge in [-0.25, -0.2) is 0 Å². The number of unbranched alkanes of at least 4 members (excludes halogenated alkanes) is 20. The molecule has 316 valence electrons. The first-order chi connectivity index (χ1) is 26.0. The fourth-order valence-electron chi connectivity index (χ4n) is 6.84. The number of hydrogen-bond acceptors (Lipinski definition) is 7. The zero-order valence-corrected chi connectivity index (χ0v) is 35.2. The van der Waals surface area contributed by atoms with E-state index in [0.717, 1.165) is 103 Å². The van der Waals surface area contributed by atoms with Gasteiger partial charge in [0, 0.05) is 65.2 Å². The van der Waals surface area contributed by atoms with Crippen molar-refractivity contribution >= 4 is 11.8 Å². The van der Waals surface area contributed by atoms with Crippen LogP contribution in [-0.2, 0) is 9.59 Å². The highest BCUT2D eigenvalue weighted by Crippen LogP contribution is 2.16. The molecule has 2 unspecified atom stereocenters. The van der Waals surface area contributed by atoms with Crippen LogP contribution in [0.25, 0.3) is 0 Å². The van der Waals surface area contributed by atoms with Crippen LogP contribution in [0.4, 0.5) is 0 Å². The Kier molecular flexibility index (Phi) is 42.4. The third kappa shape index (κ3) is 43.3. The number of nitrogens with one attached hydrogen (secondary N) is 5. The van der Waals surface area contributed by atoms with Crippen molar-refractivity contribution < 1.29 is 19.8 Å². The summed E-state index contributed by atoms with van der Waals surface area (Å²) < 4.78 is 0. The molecule has 0 aliphatic heterocycles. The lowest BCUT2D eigenvalue weighted by molar-refractivity contribution is -0.122. The maximum Gasteiger partial charge on any atom is 0.220 e. The Bertz CT molecular complexity index is 699. The number of rotatable bonds is 44. The van der Waals surface area contributed by atoms with E-state index in [-0.39, 0.29) is 24.0 Å². The van der Waals surface area contributed by atoms with Crippen LogP contribution >= 0.6 is 0 Å². The lowest BCUT2D eigenvalue weighted by Gasteiger charge is -2.10.